The summed E-state index contributed by atoms with van der Waals surface area (Å²) in [5.41, 5.74) is 1.25. The minimum Gasteiger partial charge on any atom is -0.345 e. The molecule has 5 heteroatoms. The summed E-state index contributed by atoms with van der Waals surface area (Å²) >= 11 is 3.34. The Bertz CT molecular complexity index is 602. The van der Waals surface area contributed by atoms with E-state index >= 15 is 0 Å². The zero-order valence-corrected chi connectivity index (χ0v) is 11.1. The van der Waals surface area contributed by atoms with Gasteiger partial charge < -0.3 is 4.57 Å². The molecule has 0 bridgehead atoms. The molecule has 0 saturated heterocycles. The van der Waals surface area contributed by atoms with Gasteiger partial charge in [-0.15, -0.1) is 4.91 Å². The van der Waals surface area contributed by atoms with Crippen molar-refractivity contribution >= 4 is 32.7 Å². The standard InChI is InChI=1S/C12H11BrN2O2/c1-7(2)15-4-3-9-10(12(16)14-17)5-8(13)6-11(9)15/h3-7H,1-2H3. The molecule has 0 spiro atoms. The molecule has 0 saturated carbocycles. The third-order valence-electron chi connectivity index (χ3n) is 2.67. The summed E-state index contributed by atoms with van der Waals surface area (Å²) in [6.07, 6.45) is 1.91. The first-order valence-electron chi connectivity index (χ1n) is 5.22. The molecular weight excluding hydrogens is 284 g/mol. The van der Waals surface area contributed by atoms with Gasteiger partial charge in [-0.1, -0.05) is 15.9 Å². The van der Waals surface area contributed by atoms with Crippen LogP contribution in [0.15, 0.2) is 34.0 Å². The summed E-state index contributed by atoms with van der Waals surface area (Å²) in [4.78, 5) is 21.8. The van der Waals surface area contributed by atoms with E-state index < -0.39 is 5.91 Å². The number of hydrogen-bond donors (Lipinski definition) is 0. The number of rotatable bonds is 2. The topological polar surface area (TPSA) is 51.4 Å². The third kappa shape index (κ3) is 2.02. The molecule has 0 aliphatic carbocycles. The summed E-state index contributed by atoms with van der Waals surface area (Å²) in [5.74, 6) is -0.738. The van der Waals surface area contributed by atoms with Crippen LogP contribution >= 0.6 is 15.9 Å². The van der Waals surface area contributed by atoms with Crippen molar-refractivity contribution in [3.63, 3.8) is 0 Å². The van der Waals surface area contributed by atoms with E-state index in [1.807, 2.05) is 22.9 Å². The van der Waals surface area contributed by atoms with Crippen LogP contribution < -0.4 is 0 Å². The lowest BCUT2D eigenvalue weighted by atomic mass is 10.1. The Balaban J connectivity index is 2.78. The first-order chi connectivity index (χ1) is 8.04. The first kappa shape index (κ1) is 12.0. The molecule has 1 amide bonds. The van der Waals surface area contributed by atoms with E-state index in [-0.39, 0.29) is 6.04 Å². The molecule has 1 aromatic carbocycles. The van der Waals surface area contributed by atoms with Gasteiger partial charge in [0.25, 0.3) is 0 Å². The molecule has 17 heavy (non-hydrogen) atoms. The second-order valence-electron chi connectivity index (χ2n) is 4.10. The lowest BCUT2D eigenvalue weighted by molar-refractivity contribution is 0.100. The molecule has 0 aliphatic heterocycles. The minimum atomic E-state index is -0.738. The normalized spacial score (nSPS) is 11.1. The van der Waals surface area contributed by atoms with Crippen LogP contribution in [0, 0.1) is 4.91 Å². The average Bonchev–Trinajstić information content (AvgIpc) is 2.70. The van der Waals surface area contributed by atoms with Crippen molar-refractivity contribution in [2.75, 3.05) is 0 Å². The van der Waals surface area contributed by atoms with Gasteiger partial charge in [-0.3, -0.25) is 4.79 Å². The van der Waals surface area contributed by atoms with Gasteiger partial charge in [-0.2, -0.15) is 0 Å². The summed E-state index contributed by atoms with van der Waals surface area (Å²) in [7, 11) is 0. The average molecular weight is 295 g/mol. The highest BCUT2D eigenvalue weighted by molar-refractivity contribution is 9.10. The van der Waals surface area contributed by atoms with E-state index in [4.69, 9.17) is 0 Å². The summed E-state index contributed by atoms with van der Waals surface area (Å²) < 4.78 is 2.80. The number of nitrogens with zero attached hydrogens (tertiary/aromatic N) is 2. The van der Waals surface area contributed by atoms with Crippen LogP contribution in [-0.4, -0.2) is 10.5 Å². The predicted octanol–water partition coefficient (Wildman–Crippen LogP) is 3.89. The Morgan fingerprint density at radius 3 is 2.71 bits per heavy atom. The van der Waals surface area contributed by atoms with Crippen molar-refractivity contribution in [1.82, 2.24) is 4.57 Å². The number of halogens is 1. The number of fused-ring (bicyclic) bond motifs is 1. The number of amides is 1. The second-order valence-corrected chi connectivity index (χ2v) is 5.02. The molecule has 2 rings (SSSR count). The van der Waals surface area contributed by atoms with Crippen molar-refractivity contribution < 1.29 is 4.79 Å². The molecule has 0 N–H and O–H groups in total. The van der Waals surface area contributed by atoms with E-state index in [2.05, 4.69) is 35.0 Å². The maximum atomic E-state index is 11.4. The number of carbonyl (C=O) groups is 1. The van der Waals surface area contributed by atoms with Gasteiger partial charge in [0, 0.05) is 27.3 Å². The number of aromatic nitrogens is 1. The second kappa shape index (κ2) is 4.41. The monoisotopic (exact) mass is 294 g/mol. The number of benzene rings is 1. The van der Waals surface area contributed by atoms with E-state index in [1.54, 1.807) is 6.07 Å². The lowest BCUT2D eigenvalue weighted by Crippen LogP contribution is -2.00. The van der Waals surface area contributed by atoms with Crippen LogP contribution in [0.25, 0.3) is 10.9 Å². The highest BCUT2D eigenvalue weighted by atomic mass is 79.9. The first-order valence-corrected chi connectivity index (χ1v) is 6.01. The fourth-order valence-corrected chi connectivity index (χ4v) is 2.35. The van der Waals surface area contributed by atoms with Crippen molar-refractivity contribution in [2.45, 2.75) is 19.9 Å². The Morgan fingerprint density at radius 1 is 1.41 bits per heavy atom. The fourth-order valence-electron chi connectivity index (χ4n) is 1.90. The van der Waals surface area contributed by atoms with Gasteiger partial charge >= 0.3 is 5.91 Å². The molecule has 4 nitrogen and oxygen atoms in total. The van der Waals surface area contributed by atoms with Crippen molar-refractivity contribution in [2.24, 2.45) is 5.18 Å². The highest BCUT2D eigenvalue weighted by Crippen LogP contribution is 2.28. The van der Waals surface area contributed by atoms with E-state index in [9.17, 15) is 9.70 Å². The smallest absolute Gasteiger partial charge is 0.317 e. The van der Waals surface area contributed by atoms with E-state index in [1.165, 1.54) is 0 Å². The molecule has 0 atom stereocenters. The Morgan fingerprint density at radius 2 is 2.12 bits per heavy atom. The predicted molar refractivity (Wildman–Crippen MR) is 70.1 cm³/mol. The molecular formula is C12H11BrN2O2. The van der Waals surface area contributed by atoms with Gasteiger partial charge in [0.2, 0.25) is 0 Å². The quantitative estimate of drug-likeness (QED) is 0.789. The fraction of sp³-hybridized carbons (Fsp3) is 0.250. The van der Waals surface area contributed by atoms with Crippen LogP contribution in [0.4, 0.5) is 0 Å². The van der Waals surface area contributed by atoms with Crippen molar-refractivity contribution in [3.8, 4) is 0 Å². The van der Waals surface area contributed by atoms with Crippen LogP contribution in [0.2, 0.25) is 0 Å². The Hall–Kier alpha value is -1.49. The molecule has 0 fully saturated rings. The maximum absolute atomic E-state index is 11.4. The summed E-state index contributed by atoms with van der Waals surface area (Å²) in [6, 6.07) is 5.67. The summed E-state index contributed by atoms with van der Waals surface area (Å²) in [5, 5.41) is 3.24. The van der Waals surface area contributed by atoms with Gasteiger partial charge in [-0.25, -0.2) is 0 Å². The minimum absolute atomic E-state index is 0.286. The molecule has 1 aromatic heterocycles. The van der Waals surface area contributed by atoms with E-state index in [0.717, 1.165) is 15.4 Å². The highest BCUT2D eigenvalue weighted by Gasteiger charge is 2.15. The maximum Gasteiger partial charge on any atom is 0.317 e. The third-order valence-corrected chi connectivity index (χ3v) is 3.13. The van der Waals surface area contributed by atoms with Gasteiger partial charge in [0.05, 0.1) is 11.1 Å². The van der Waals surface area contributed by atoms with Gasteiger partial charge in [0.1, 0.15) is 0 Å². The largest absolute Gasteiger partial charge is 0.345 e. The van der Waals surface area contributed by atoms with Gasteiger partial charge in [0.15, 0.2) is 0 Å². The zero-order valence-electron chi connectivity index (χ0n) is 9.48. The molecule has 88 valence electrons. The lowest BCUT2D eigenvalue weighted by Gasteiger charge is -2.10. The zero-order chi connectivity index (χ0) is 12.6. The molecule has 0 unspecified atom stereocenters. The van der Waals surface area contributed by atoms with Crippen molar-refractivity contribution in [3.05, 3.63) is 39.3 Å². The van der Waals surface area contributed by atoms with E-state index in [0.29, 0.717) is 5.56 Å². The number of nitroso groups, excluding NO2 is 1. The SMILES string of the molecule is CC(C)n1ccc2c(C(=O)N=O)cc(Br)cc21. The summed E-state index contributed by atoms with van der Waals surface area (Å²) in [6.45, 7) is 4.11. The van der Waals surface area contributed by atoms with Crippen LogP contribution in [0.5, 0.6) is 0 Å². The van der Waals surface area contributed by atoms with Crippen molar-refractivity contribution in [1.29, 1.82) is 0 Å². The molecule has 1 heterocycles. The van der Waals surface area contributed by atoms with Crippen LogP contribution in [-0.2, 0) is 0 Å². The number of hydrogen-bond acceptors (Lipinski definition) is 2. The van der Waals surface area contributed by atoms with Gasteiger partial charge in [-0.05, 0) is 32.0 Å². The Kier molecular flexibility index (Phi) is 3.11. The molecule has 2 aromatic rings. The molecule has 0 aliphatic rings. The van der Waals surface area contributed by atoms with Crippen LogP contribution in [0.3, 0.4) is 0 Å². The van der Waals surface area contributed by atoms with Crippen LogP contribution in [0.1, 0.15) is 30.2 Å². The number of carbonyl (C=O) groups excluding carboxylic acids is 1. The Labute approximate surface area is 107 Å². The molecule has 0 radical (unpaired) electrons.